The Bertz CT molecular complexity index is 417. The van der Waals surface area contributed by atoms with Gasteiger partial charge in [0.25, 0.3) is 0 Å². The van der Waals surface area contributed by atoms with Crippen LogP contribution in [0.25, 0.3) is 10.9 Å². The van der Waals surface area contributed by atoms with Crippen molar-refractivity contribution in [3.63, 3.8) is 0 Å². The summed E-state index contributed by atoms with van der Waals surface area (Å²) in [6.07, 6.45) is 1.90. The number of aryl methyl sites for hydroxylation is 1. The first-order valence-electron chi connectivity index (χ1n) is 4.48. The summed E-state index contributed by atoms with van der Waals surface area (Å²) in [5, 5.41) is 8.58. The average molecular weight is 175 g/mol. The summed E-state index contributed by atoms with van der Waals surface area (Å²) >= 11 is 0. The van der Waals surface area contributed by atoms with Gasteiger partial charge < -0.3 is 5.32 Å². The minimum Gasteiger partial charge on any atom is -0.388 e. The second kappa shape index (κ2) is 3.09. The van der Waals surface area contributed by atoms with E-state index in [2.05, 4.69) is 35.5 Å². The molecule has 13 heavy (non-hydrogen) atoms. The van der Waals surface area contributed by atoms with E-state index in [0.717, 1.165) is 12.2 Å². The molecule has 0 atom stereocenters. The van der Waals surface area contributed by atoms with E-state index in [9.17, 15) is 0 Å². The van der Waals surface area contributed by atoms with Gasteiger partial charge in [-0.05, 0) is 25.1 Å². The normalized spacial score (nSPS) is 10.6. The molecule has 0 saturated heterocycles. The quantitative estimate of drug-likeness (QED) is 0.757. The largest absolute Gasteiger partial charge is 0.388 e. The number of benzene rings is 1. The SMILES string of the molecule is CCn1ncc2cc(NC)ccc21. The van der Waals surface area contributed by atoms with Crippen molar-refractivity contribution < 1.29 is 0 Å². The summed E-state index contributed by atoms with van der Waals surface area (Å²) in [5.74, 6) is 0. The summed E-state index contributed by atoms with van der Waals surface area (Å²) in [6, 6.07) is 6.27. The fraction of sp³-hybridized carbons (Fsp3) is 0.300. The van der Waals surface area contributed by atoms with Gasteiger partial charge in [0.15, 0.2) is 0 Å². The molecule has 0 aliphatic heterocycles. The number of hydrogen-bond donors (Lipinski definition) is 1. The van der Waals surface area contributed by atoms with Gasteiger partial charge in [-0.25, -0.2) is 0 Å². The predicted octanol–water partition coefficient (Wildman–Crippen LogP) is 2.10. The number of anilines is 1. The number of nitrogens with zero attached hydrogens (tertiary/aromatic N) is 2. The molecular formula is C10H13N3. The van der Waals surface area contributed by atoms with Crippen LogP contribution in [0.15, 0.2) is 24.4 Å². The fourth-order valence-electron chi connectivity index (χ4n) is 1.49. The third-order valence-corrected chi connectivity index (χ3v) is 2.23. The van der Waals surface area contributed by atoms with Gasteiger partial charge in [-0.15, -0.1) is 0 Å². The maximum Gasteiger partial charge on any atom is 0.0683 e. The molecule has 0 saturated carbocycles. The Morgan fingerprint density at radius 3 is 3.00 bits per heavy atom. The molecule has 1 N–H and O–H groups in total. The monoisotopic (exact) mass is 175 g/mol. The minimum absolute atomic E-state index is 0.919. The zero-order valence-corrected chi connectivity index (χ0v) is 7.91. The van der Waals surface area contributed by atoms with Crippen molar-refractivity contribution in [3.8, 4) is 0 Å². The highest BCUT2D eigenvalue weighted by molar-refractivity contribution is 5.82. The minimum atomic E-state index is 0.919. The molecule has 0 spiro atoms. The molecule has 1 aromatic carbocycles. The summed E-state index contributed by atoms with van der Waals surface area (Å²) in [5.41, 5.74) is 2.32. The first-order chi connectivity index (χ1) is 6.35. The van der Waals surface area contributed by atoms with Crippen molar-refractivity contribution in [1.82, 2.24) is 9.78 Å². The molecule has 0 aliphatic carbocycles. The van der Waals surface area contributed by atoms with Crippen LogP contribution >= 0.6 is 0 Å². The summed E-state index contributed by atoms with van der Waals surface area (Å²) < 4.78 is 1.99. The second-order valence-corrected chi connectivity index (χ2v) is 2.98. The lowest BCUT2D eigenvalue weighted by Gasteiger charge is -2.00. The van der Waals surface area contributed by atoms with Crippen LogP contribution in [0.2, 0.25) is 0 Å². The topological polar surface area (TPSA) is 29.9 Å². The average Bonchev–Trinajstić information content (AvgIpc) is 2.59. The molecule has 0 radical (unpaired) electrons. The fourth-order valence-corrected chi connectivity index (χ4v) is 1.49. The Morgan fingerprint density at radius 2 is 2.31 bits per heavy atom. The smallest absolute Gasteiger partial charge is 0.0683 e. The third kappa shape index (κ3) is 1.26. The van der Waals surface area contributed by atoms with Crippen LogP contribution in [0.5, 0.6) is 0 Å². The first-order valence-corrected chi connectivity index (χ1v) is 4.48. The van der Waals surface area contributed by atoms with Gasteiger partial charge in [-0.1, -0.05) is 0 Å². The van der Waals surface area contributed by atoms with Gasteiger partial charge in [0.05, 0.1) is 11.7 Å². The van der Waals surface area contributed by atoms with Crippen LogP contribution in [-0.2, 0) is 6.54 Å². The summed E-state index contributed by atoms with van der Waals surface area (Å²) in [4.78, 5) is 0. The zero-order chi connectivity index (χ0) is 9.26. The van der Waals surface area contributed by atoms with Gasteiger partial charge in [-0.2, -0.15) is 5.10 Å². The molecule has 0 aliphatic rings. The van der Waals surface area contributed by atoms with Gasteiger partial charge in [0, 0.05) is 24.7 Å². The number of rotatable bonds is 2. The van der Waals surface area contributed by atoms with E-state index < -0.39 is 0 Å². The lowest BCUT2D eigenvalue weighted by molar-refractivity contribution is 0.684. The van der Waals surface area contributed by atoms with Gasteiger partial charge >= 0.3 is 0 Å². The molecule has 68 valence electrons. The highest BCUT2D eigenvalue weighted by atomic mass is 15.3. The van der Waals surface area contributed by atoms with Crippen LogP contribution in [0, 0.1) is 0 Å². The Labute approximate surface area is 77.4 Å². The molecule has 0 unspecified atom stereocenters. The van der Waals surface area contributed by atoms with E-state index in [1.807, 2.05) is 17.9 Å². The van der Waals surface area contributed by atoms with Crippen molar-refractivity contribution in [1.29, 1.82) is 0 Å². The predicted molar refractivity (Wildman–Crippen MR) is 55.0 cm³/mol. The molecule has 1 heterocycles. The van der Waals surface area contributed by atoms with E-state index in [4.69, 9.17) is 0 Å². The number of nitrogens with one attached hydrogen (secondary N) is 1. The van der Waals surface area contributed by atoms with Crippen LogP contribution in [0.4, 0.5) is 5.69 Å². The number of aromatic nitrogens is 2. The van der Waals surface area contributed by atoms with Gasteiger partial charge in [-0.3, -0.25) is 4.68 Å². The van der Waals surface area contributed by atoms with E-state index >= 15 is 0 Å². The lowest BCUT2D eigenvalue weighted by atomic mass is 10.2. The highest BCUT2D eigenvalue weighted by Crippen LogP contribution is 2.18. The molecule has 2 aromatic rings. The second-order valence-electron chi connectivity index (χ2n) is 2.98. The Morgan fingerprint density at radius 1 is 1.46 bits per heavy atom. The Hall–Kier alpha value is -1.51. The molecule has 2 rings (SSSR count). The van der Waals surface area contributed by atoms with E-state index in [1.165, 1.54) is 10.9 Å². The maximum absolute atomic E-state index is 4.28. The molecule has 0 bridgehead atoms. The third-order valence-electron chi connectivity index (χ3n) is 2.23. The van der Waals surface area contributed by atoms with E-state index in [1.54, 1.807) is 0 Å². The molecule has 0 fully saturated rings. The molecular weight excluding hydrogens is 162 g/mol. The van der Waals surface area contributed by atoms with E-state index in [0.29, 0.717) is 0 Å². The molecule has 3 nitrogen and oxygen atoms in total. The standard InChI is InChI=1S/C10H13N3/c1-3-13-10-5-4-9(11-2)6-8(10)7-12-13/h4-7,11H,3H2,1-2H3. The number of fused-ring (bicyclic) bond motifs is 1. The van der Waals surface area contributed by atoms with Crippen molar-refractivity contribution >= 4 is 16.6 Å². The zero-order valence-electron chi connectivity index (χ0n) is 7.91. The Balaban J connectivity index is 2.61. The maximum atomic E-state index is 4.28. The first kappa shape index (κ1) is 8.10. The van der Waals surface area contributed by atoms with Crippen molar-refractivity contribution in [2.45, 2.75) is 13.5 Å². The van der Waals surface area contributed by atoms with Crippen LogP contribution in [-0.4, -0.2) is 16.8 Å². The summed E-state index contributed by atoms with van der Waals surface area (Å²) in [6.45, 7) is 3.01. The lowest BCUT2D eigenvalue weighted by Crippen LogP contribution is -1.95. The van der Waals surface area contributed by atoms with Crippen LogP contribution < -0.4 is 5.32 Å². The van der Waals surface area contributed by atoms with Crippen LogP contribution in [0.1, 0.15) is 6.92 Å². The van der Waals surface area contributed by atoms with Gasteiger partial charge in [0.1, 0.15) is 0 Å². The molecule has 0 amide bonds. The summed E-state index contributed by atoms with van der Waals surface area (Å²) in [7, 11) is 1.92. The molecule has 1 aromatic heterocycles. The van der Waals surface area contributed by atoms with Gasteiger partial charge in [0.2, 0.25) is 0 Å². The highest BCUT2D eigenvalue weighted by Gasteiger charge is 2.00. The van der Waals surface area contributed by atoms with Crippen molar-refractivity contribution in [2.75, 3.05) is 12.4 Å². The molecule has 3 heteroatoms. The number of hydrogen-bond acceptors (Lipinski definition) is 2. The van der Waals surface area contributed by atoms with Crippen molar-refractivity contribution in [2.24, 2.45) is 0 Å². The Kier molecular flexibility index (Phi) is 1.93. The van der Waals surface area contributed by atoms with Crippen molar-refractivity contribution in [3.05, 3.63) is 24.4 Å². The van der Waals surface area contributed by atoms with E-state index in [-0.39, 0.29) is 0 Å². The van der Waals surface area contributed by atoms with Crippen LogP contribution in [0.3, 0.4) is 0 Å².